The van der Waals surface area contributed by atoms with Crippen LogP contribution in [-0.2, 0) is 4.79 Å². The highest BCUT2D eigenvalue weighted by molar-refractivity contribution is 5.80. The first-order valence-corrected chi connectivity index (χ1v) is 5.97. The van der Waals surface area contributed by atoms with E-state index in [0.29, 0.717) is 5.75 Å². The molecular weight excluding hydrogens is 242 g/mol. The summed E-state index contributed by atoms with van der Waals surface area (Å²) in [5.74, 6) is 0.0210. The zero-order valence-electron chi connectivity index (χ0n) is 10.5. The molecule has 0 fully saturated rings. The van der Waals surface area contributed by atoms with E-state index in [-0.39, 0.29) is 0 Å². The number of hydrogen-bond donors (Lipinski definition) is 2. The summed E-state index contributed by atoms with van der Waals surface area (Å²) in [6.07, 6.45) is -0.769. The van der Waals surface area contributed by atoms with Gasteiger partial charge in [0.05, 0.1) is 0 Å². The molecule has 0 spiro atoms. The van der Waals surface area contributed by atoms with E-state index in [1.54, 1.807) is 18.5 Å². The molecule has 4 nitrogen and oxygen atoms in total. The van der Waals surface area contributed by atoms with Crippen LogP contribution in [0, 0.1) is 0 Å². The molecule has 0 saturated carbocycles. The molecular formula is C15H15NO3. The fraction of sp³-hybridized carbons (Fsp3) is 0.133. The molecule has 0 bridgehead atoms. The second-order valence-corrected chi connectivity index (χ2v) is 4.10. The molecule has 4 heteroatoms. The quantitative estimate of drug-likeness (QED) is 0.654. The molecule has 0 heterocycles. The largest absolute Gasteiger partial charge is 0.480 e. The summed E-state index contributed by atoms with van der Waals surface area (Å²) in [5.41, 5.74) is 3.49. The van der Waals surface area contributed by atoms with Crippen LogP contribution in [-0.4, -0.2) is 17.2 Å². The van der Waals surface area contributed by atoms with Gasteiger partial charge in [-0.2, -0.15) is 0 Å². The van der Waals surface area contributed by atoms with E-state index in [1.165, 1.54) is 0 Å². The van der Waals surface area contributed by atoms with E-state index in [9.17, 15) is 4.79 Å². The predicted octanol–water partition coefficient (Wildman–Crippen LogP) is 2.63. The number of benzene rings is 2. The van der Waals surface area contributed by atoms with Gasteiger partial charge in [-0.05, 0) is 18.6 Å². The van der Waals surface area contributed by atoms with Crippen molar-refractivity contribution >= 4 is 5.91 Å². The number of carbonyl (C=O) groups excluding carboxylic acids is 1. The first kappa shape index (κ1) is 13.1. The van der Waals surface area contributed by atoms with Gasteiger partial charge in [0.2, 0.25) is 0 Å². The number of amides is 1. The van der Waals surface area contributed by atoms with Crippen molar-refractivity contribution in [1.29, 1.82) is 0 Å². The maximum Gasteiger partial charge on any atom is 0.284 e. The molecule has 1 atom stereocenters. The second kappa shape index (κ2) is 6.02. The Bertz CT molecular complexity index is 554. The Balaban J connectivity index is 2.30. The molecule has 2 N–H and O–H groups in total. The summed E-state index contributed by atoms with van der Waals surface area (Å²) in [4.78, 5) is 11.3. The Kier molecular flexibility index (Phi) is 4.15. The van der Waals surface area contributed by atoms with E-state index >= 15 is 0 Å². The van der Waals surface area contributed by atoms with Gasteiger partial charge in [-0.25, -0.2) is 5.48 Å². The number of hydrogen-bond acceptors (Lipinski definition) is 3. The van der Waals surface area contributed by atoms with Gasteiger partial charge >= 0.3 is 0 Å². The van der Waals surface area contributed by atoms with Gasteiger partial charge in [-0.15, -0.1) is 0 Å². The molecule has 0 saturated heterocycles. The zero-order valence-corrected chi connectivity index (χ0v) is 10.5. The van der Waals surface area contributed by atoms with Crippen LogP contribution < -0.4 is 10.2 Å². The highest BCUT2D eigenvalue weighted by atomic mass is 16.5. The van der Waals surface area contributed by atoms with Gasteiger partial charge in [0.15, 0.2) is 6.10 Å². The average molecular weight is 257 g/mol. The van der Waals surface area contributed by atoms with Crippen LogP contribution in [0.4, 0.5) is 0 Å². The monoisotopic (exact) mass is 257 g/mol. The number of para-hydroxylation sites is 1. The van der Waals surface area contributed by atoms with Crippen LogP contribution in [0.1, 0.15) is 6.92 Å². The Morgan fingerprint density at radius 1 is 1.11 bits per heavy atom. The molecule has 0 radical (unpaired) electrons. The summed E-state index contributed by atoms with van der Waals surface area (Å²) in [5, 5.41) is 8.59. The lowest BCUT2D eigenvalue weighted by Crippen LogP contribution is -2.34. The van der Waals surface area contributed by atoms with Gasteiger partial charge in [0, 0.05) is 5.56 Å². The highest BCUT2D eigenvalue weighted by Gasteiger charge is 2.15. The fourth-order valence-electron chi connectivity index (χ4n) is 1.76. The summed E-state index contributed by atoms with van der Waals surface area (Å²) in [7, 11) is 0. The molecule has 1 amide bonds. The molecule has 0 aliphatic heterocycles. The number of hydroxylamine groups is 1. The summed E-state index contributed by atoms with van der Waals surface area (Å²) < 4.78 is 5.58. The molecule has 0 unspecified atom stereocenters. The normalized spacial score (nSPS) is 11.7. The summed E-state index contributed by atoms with van der Waals surface area (Å²) in [6, 6.07) is 17.2. The van der Waals surface area contributed by atoms with E-state index in [0.717, 1.165) is 11.1 Å². The molecule has 0 aromatic heterocycles. The zero-order chi connectivity index (χ0) is 13.7. The van der Waals surface area contributed by atoms with Crippen molar-refractivity contribution in [2.24, 2.45) is 0 Å². The van der Waals surface area contributed by atoms with Crippen LogP contribution >= 0.6 is 0 Å². The standard InChI is InChI=1S/C15H15NO3/c1-11(15(17)16-18)19-14-10-6-5-9-13(14)12-7-3-2-4-8-12/h2-11,18H,1H3,(H,16,17)/t11-/m1/s1. The highest BCUT2D eigenvalue weighted by Crippen LogP contribution is 2.30. The Hall–Kier alpha value is -2.33. The Labute approximate surface area is 111 Å². The third kappa shape index (κ3) is 3.11. The van der Waals surface area contributed by atoms with Gasteiger partial charge in [0.25, 0.3) is 5.91 Å². The van der Waals surface area contributed by atoms with Crippen molar-refractivity contribution < 1.29 is 14.7 Å². The van der Waals surface area contributed by atoms with Gasteiger partial charge in [0.1, 0.15) is 5.75 Å². The number of rotatable bonds is 4. The minimum absolute atomic E-state index is 0.581. The topological polar surface area (TPSA) is 58.6 Å². The molecule has 98 valence electrons. The minimum atomic E-state index is -0.769. The number of carbonyl (C=O) groups is 1. The lowest BCUT2D eigenvalue weighted by molar-refractivity contribution is -0.135. The Morgan fingerprint density at radius 3 is 2.42 bits per heavy atom. The lowest BCUT2D eigenvalue weighted by Gasteiger charge is -2.15. The van der Waals surface area contributed by atoms with Gasteiger partial charge in [-0.1, -0.05) is 48.5 Å². The number of nitrogens with one attached hydrogen (secondary N) is 1. The van der Waals surface area contributed by atoms with Gasteiger partial charge < -0.3 is 4.74 Å². The van der Waals surface area contributed by atoms with Crippen LogP contribution in [0.3, 0.4) is 0 Å². The van der Waals surface area contributed by atoms with Crippen molar-refractivity contribution in [3.05, 3.63) is 54.6 Å². The molecule has 0 aliphatic rings. The first-order valence-electron chi connectivity index (χ1n) is 5.97. The molecule has 2 rings (SSSR count). The summed E-state index contributed by atoms with van der Waals surface area (Å²) in [6.45, 7) is 1.58. The lowest BCUT2D eigenvalue weighted by atomic mass is 10.0. The van der Waals surface area contributed by atoms with Crippen molar-refractivity contribution in [3.63, 3.8) is 0 Å². The van der Waals surface area contributed by atoms with Crippen LogP contribution in [0.25, 0.3) is 11.1 Å². The average Bonchev–Trinajstić information content (AvgIpc) is 2.47. The summed E-state index contributed by atoms with van der Waals surface area (Å²) >= 11 is 0. The second-order valence-electron chi connectivity index (χ2n) is 4.10. The van der Waals surface area contributed by atoms with Crippen molar-refractivity contribution in [1.82, 2.24) is 5.48 Å². The third-order valence-corrected chi connectivity index (χ3v) is 2.76. The molecule has 2 aromatic carbocycles. The van der Waals surface area contributed by atoms with Gasteiger partial charge in [-0.3, -0.25) is 10.0 Å². The smallest absolute Gasteiger partial charge is 0.284 e. The fourth-order valence-corrected chi connectivity index (χ4v) is 1.76. The van der Waals surface area contributed by atoms with E-state index in [2.05, 4.69) is 0 Å². The predicted molar refractivity (Wildman–Crippen MR) is 71.9 cm³/mol. The molecule has 19 heavy (non-hydrogen) atoms. The minimum Gasteiger partial charge on any atom is -0.480 e. The van der Waals surface area contributed by atoms with Crippen molar-refractivity contribution in [3.8, 4) is 16.9 Å². The third-order valence-electron chi connectivity index (χ3n) is 2.76. The SMILES string of the molecule is C[C@@H](Oc1ccccc1-c1ccccc1)C(=O)NO. The van der Waals surface area contributed by atoms with Crippen LogP contribution in [0.5, 0.6) is 5.75 Å². The van der Waals surface area contributed by atoms with Crippen molar-refractivity contribution in [2.75, 3.05) is 0 Å². The van der Waals surface area contributed by atoms with E-state index in [1.807, 2.05) is 48.5 Å². The van der Waals surface area contributed by atoms with Crippen LogP contribution in [0.2, 0.25) is 0 Å². The van der Waals surface area contributed by atoms with Crippen LogP contribution in [0.15, 0.2) is 54.6 Å². The molecule has 2 aromatic rings. The maximum absolute atomic E-state index is 11.3. The van der Waals surface area contributed by atoms with E-state index < -0.39 is 12.0 Å². The first-order chi connectivity index (χ1) is 9.22. The van der Waals surface area contributed by atoms with Crippen molar-refractivity contribution in [2.45, 2.75) is 13.0 Å². The van der Waals surface area contributed by atoms with E-state index in [4.69, 9.17) is 9.94 Å². The molecule has 0 aliphatic carbocycles. The number of ether oxygens (including phenoxy) is 1. The Morgan fingerprint density at radius 2 is 1.74 bits per heavy atom. The maximum atomic E-state index is 11.3.